The molecule has 92 valence electrons. The predicted octanol–water partition coefficient (Wildman–Crippen LogP) is 2.28. The number of carbonyl (C=O) groups excluding carboxylic acids is 1. The van der Waals surface area contributed by atoms with Crippen molar-refractivity contribution in [2.75, 3.05) is 0 Å². The molecule has 0 saturated heterocycles. The van der Waals surface area contributed by atoms with E-state index in [1.54, 1.807) is 0 Å². The van der Waals surface area contributed by atoms with Crippen molar-refractivity contribution in [1.82, 2.24) is 0 Å². The van der Waals surface area contributed by atoms with E-state index in [-0.39, 0.29) is 5.91 Å². The molecule has 1 amide bonds. The molecule has 0 aromatic heterocycles. The molecule has 5 rings (SSSR count). The van der Waals surface area contributed by atoms with Gasteiger partial charge in [-0.1, -0.05) is 48.5 Å². The molecule has 2 aromatic carbocycles. The molecule has 2 atom stereocenters. The summed E-state index contributed by atoms with van der Waals surface area (Å²) in [4.78, 5) is 12.4. The smallest absolute Gasteiger partial charge is 0.232 e. The van der Waals surface area contributed by atoms with Crippen LogP contribution in [0.15, 0.2) is 48.5 Å². The second-order valence-corrected chi connectivity index (χ2v) is 5.92. The first-order chi connectivity index (χ1) is 9.28. The van der Waals surface area contributed by atoms with Gasteiger partial charge in [-0.25, -0.2) is 0 Å². The van der Waals surface area contributed by atoms with Crippen LogP contribution >= 0.6 is 0 Å². The minimum Gasteiger partial charge on any atom is -0.369 e. The number of primary amides is 1. The molecule has 0 radical (unpaired) electrons. The van der Waals surface area contributed by atoms with Gasteiger partial charge in [0.15, 0.2) is 0 Å². The normalized spacial score (nSPS) is 35.5. The van der Waals surface area contributed by atoms with E-state index in [0.29, 0.717) is 17.8 Å². The van der Waals surface area contributed by atoms with Crippen LogP contribution < -0.4 is 5.73 Å². The van der Waals surface area contributed by atoms with Crippen molar-refractivity contribution in [1.29, 1.82) is 0 Å². The standard InChI is InChI=1S/C17H13NO/c18-16(19)17-11-7-3-1-5-9(11)13-14(15(13)17)10-6-2-4-8-12(10)17/h1-8,13-15H,(H2,18,19). The van der Waals surface area contributed by atoms with Crippen LogP contribution in [0.4, 0.5) is 0 Å². The molecule has 0 bridgehead atoms. The fourth-order valence-electron chi connectivity index (χ4n) is 4.85. The maximum absolute atomic E-state index is 12.4. The highest BCUT2D eigenvalue weighted by atomic mass is 16.1. The van der Waals surface area contributed by atoms with E-state index in [1.807, 2.05) is 12.1 Å². The summed E-state index contributed by atoms with van der Waals surface area (Å²) in [5, 5.41) is 0. The van der Waals surface area contributed by atoms with Crippen molar-refractivity contribution in [2.45, 2.75) is 17.3 Å². The van der Waals surface area contributed by atoms with Crippen molar-refractivity contribution in [2.24, 2.45) is 11.7 Å². The molecule has 1 saturated carbocycles. The molecule has 3 aliphatic rings. The van der Waals surface area contributed by atoms with Gasteiger partial charge in [0, 0.05) is 0 Å². The predicted molar refractivity (Wildman–Crippen MR) is 71.8 cm³/mol. The first-order valence-electron chi connectivity index (χ1n) is 6.76. The van der Waals surface area contributed by atoms with Crippen molar-refractivity contribution >= 4 is 5.91 Å². The van der Waals surface area contributed by atoms with Gasteiger partial charge in [-0.3, -0.25) is 4.79 Å². The molecule has 19 heavy (non-hydrogen) atoms. The molecule has 2 N–H and O–H groups in total. The minimum absolute atomic E-state index is 0.181. The number of nitrogens with two attached hydrogens (primary N) is 1. The van der Waals surface area contributed by atoms with Crippen molar-refractivity contribution in [3.8, 4) is 0 Å². The zero-order valence-electron chi connectivity index (χ0n) is 10.3. The third-order valence-corrected chi connectivity index (χ3v) is 5.40. The Morgan fingerprint density at radius 2 is 1.37 bits per heavy atom. The van der Waals surface area contributed by atoms with E-state index in [0.717, 1.165) is 11.1 Å². The van der Waals surface area contributed by atoms with Gasteiger partial charge in [0.25, 0.3) is 0 Å². The Kier molecular flexibility index (Phi) is 1.41. The van der Waals surface area contributed by atoms with Gasteiger partial charge >= 0.3 is 0 Å². The van der Waals surface area contributed by atoms with E-state index in [9.17, 15) is 4.79 Å². The summed E-state index contributed by atoms with van der Waals surface area (Å²) in [5.74, 6) is 1.22. The number of hydrogen-bond donors (Lipinski definition) is 1. The lowest BCUT2D eigenvalue weighted by Gasteiger charge is -2.27. The highest BCUT2D eigenvalue weighted by molar-refractivity contribution is 5.97. The SMILES string of the molecule is NC(=O)C12c3ccccc3C3C(c4ccccc41)C32. The van der Waals surface area contributed by atoms with Crippen molar-refractivity contribution in [3.05, 3.63) is 70.8 Å². The molecule has 2 aromatic rings. The van der Waals surface area contributed by atoms with Crippen molar-refractivity contribution in [3.63, 3.8) is 0 Å². The van der Waals surface area contributed by atoms with Crippen LogP contribution in [0.3, 0.4) is 0 Å². The second-order valence-electron chi connectivity index (χ2n) is 5.92. The van der Waals surface area contributed by atoms with Crippen LogP contribution in [-0.2, 0) is 10.2 Å². The summed E-state index contributed by atoms with van der Waals surface area (Å²) in [6.07, 6.45) is 0. The van der Waals surface area contributed by atoms with E-state index >= 15 is 0 Å². The largest absolute Gasteiger partial charge is 0.369 e. The molecule has 2 heteroatoms. The fourth-order valence-corrected chi connectivity index (χ4v) is 4.85. The topological polar surface area (TPSA) is 43.1 Å². The number of amides is 1. The maximum atomic E-state index is 12.4. The molecule has 0 spiro atoms. The quantitative estimate of drug-likeness (QED) is 0.825. The number of hydrogen-bond acceptors (Lipinski definition) is 1. The summed E-state index contributed by atoms with van der Waals surface area (Å²) < 4.78 is 0. The van der Waals surface area contributed by atoms with Gasteiger partial charge in [-0.2, -0.15) is 0 Å². The first kappa shape index (κ1) is 9.79. The Hall–Kier alpha value is -2.09. The summed E-state index contributed by atoms with van der Waals surface area (Å²) in [6, 6.07) is 16.7. The third kappa shape index (κ3) is 0.803. The van der Waals surface area contributed by atoms with Gasteiger partial charge in [0.2, 0.25) is 5.91 Å². The maximum Gasteiger partial charge on any atom is 0.232 e. The Morgan fingerprint density at radius 3 is 1.84 bits per heavy atom. The van der Waals surface area contributed by atoms with Crippen LogP contribution in [0.2, 0.25) is 0 Å². The van der Waals surface area contributed by atoms with Crippen LogP contribution in [0.5, 0.6) is 0 Å². The molecule has 2 unspecified atom stereocenters. The van der Waals surface area contributed by atoms with Crippen molar-refractivity contribution < 1.29 is 4.79 Å². The number of carbonyl (C=O) groups is 1. The molecular weight excluding hydrogens is 234 g/mol. The summed E-state index contributed by atoms with van der Waals surface area (Å²) in [7, 11) is 0. The highest BCUT2D eigenvalue weighted by Crippen LogP contribution is 2.80. The van der Waals surface area contributed by atoms with Gasteiger partial charge in [0.1, 0.15) is 5.41 Å². The Morgan fingerprint density at radius 1 is 0.895 bits per heavy atom. The first-order valence-corrected chi connectivity index (χ1v) is 6.76. The molecule has 2 nitrogen and oxygen atoms in total. The number of rotatable bonds is 1. The van der Waals surface area contributed by atoms with E-state index in [1.165, 1.54) is 11.1 Å². The van der Waals surface area contributed by atoms with Gasteiger partial charge in [-0.05, 0) is 40.0 Å². The van der Waals surface area contributed by atoms with Gasteiger partial charge < -0.3 is 5.73 Å². The minimum atomic E-state index is -0.553. The average Bonchev–Trinajstić information content (AvgIpc) is 3.01. The van der Waals surface area contributed by atoms with Gasteiger partial charge in [-0.15, -0.1) is 0 Å². The monoisotopic (exact) mass is 247 g/mol. The van der Waals surface area contributed by atoms with Crippen LogP contribution in [-0.4, -0.2) is 5.91 Å². The molecule has 1 fully saturated rings. The van der Waals surface area contributed by atoms with E-state index < -0.39 is 5.41 Å². The highest BCUT2D eigenvalue weighted by Gasteiger charge is 2.76. The lowest BCUT2D eigenvalue weighted by atomic mass is 9.74. The second kappa shape index (κ2) is 2.74. The third-order valence-electron chi connectivity index (χ3n) is 5.40. The fraction of sp³-hybridized carbons (Fsp3) is 0.235. The molecule has 3 aliphatic carbocycles. The number of fused-ring (bicyclic) bond motifs is 7. The Labute approximate surface area is 111 Å². The number of benzene rings is 2. The molecule has 0 aliphatic heterocycles. The van der Waals surface area contributed by atoms with Crippen LogP contribution in [0.25, 0.3) is 0 Å². The lowest BCUT2D eigenvalue weighted by Crippen LogP contribution is -2.41. The van der Waals surface area contributed by atoms with Gasteiger partial charge in [0.05, 0.1) is 0 Å². The summed E-state index contributed by atoms with van der Waals surface area (Å²) >= 11 is 0. The average molecular weight is 247 g/mol. The summed E-state index contributed by atoms with van der Waals surface area (Å²) in [5.41, 5.74) is 10.3. The van der Waals surface area contributed by atoms with Crippen LogP contribution in [0.1, 0.15) is 34.1 Å². The zero-order chi connectivity index (χ0) is 12.8. The Bertz CT molecular complexity index is 695. The van der Waals surface area contributed by atoms with E-state index in [2.05, 4.69) is 36.4 Å². The lowest BCUT2D eigenvalue weighted by molar-refractivity contribution is -0.122. The Balaban J connectivity index is 1.94. The summed E-state index contributed by atoms with van der Waals surface area (Å²) in [6.45, 7) is 0. The zero-order valence-corrected chi connectivity index (χ0v) is 10.3. The molecule has 0 heterocycles. The molecular formula is C17H13NO. The van der Waals surface area contributed by atoms with Crippen LogP contribution in [0, 0.1) is 5.92 Å². The van der Waals surface area contributed by atoms with E-state index in [4.69, 9.17) is 5.73 Å².